The molecule has 11 rings (SSSR count). The highest BCUT2D eigenvalue weighted by Crippen LogP contribution is 2.89. The van der Waals surface area contributed by atoms with E-state index in [1.807, 2.05) is 0 Å². The fraction of sp³-hybridized carbons (Fsp3) is 0.375. The Balaban J connectivity index is 1.10. The molecular formula is C48H47NO. The maximum Gasteiger partial charge on any atom is 0.131 e. The van der Waals surface area contributed by atoms with Gasteiger partial charge in [0.1, 0.15) is 11.5 Å². The number of anilines is 3. The number of para-hydroxylation sites is 1. The molecular weight excluding hydrogens is 607 g/mol. The van der Waals surface area contributed by atoms with Gasteiger partial charge in [0, 0.05) is 33.6 Å². The van der Waals surface area contributed by atoms with E-state index in [1.165, 1.54) is 89.0 Å². The summed E-state index contributed by atoms with van der Waals surface area (Å²) in [5.41, 5.74) is 13.0. The van der Waals surface area contributed by atoms with Crippen molar-refractivity contribution in [3.63, 3.8) is 0 Å². The highest BCUT2D eigenvalue weighted by molar-refractivity contribution is 5.81. The van der Waals surface area contributed by atoms with Crippen LogP contribution in [-0.4, -0.2) is 0 Å². The summed E-state index contributed by atoms with van der Waals surface area (Å²) in [6, 6.07) is 43.5. The van der Waals surface area contributed by atoms with Crippen molar-refractivity contribution < 1.29 is 4.74 Å². The lowest BCUT2D eigenvalue weighted by Gasteiger charge is -2.77. The first kappa shape index (κ1) is 29.4. The Labute approximate surface area is 297 Å². The fourth-order valence-corrected chi connectivity index (χ4v) is 12.8. The van der Waals surface area contributed by atoms with Crippen LogP contribution in [0.25, 0.3) is 11.1 Å². The second-order valence-electron chi connectivity index (χ2n) is 18.1. The zero-order valence-corrected chi connectivity index (χ0v) is 29.9. The van der Waals surface area contributed by atoms with Crippen LogP contribution >= 0.6 is 0 Å². The second kappa shape index (κ2) is 9.72. The van der Waals surface area contributed by atoms with E-state index in [0.29, 0.717) is 5.41 Å². The first-order valence-corrected chi connectivity index (χ1v) is 19.2. The number of ether oxygens (including phenoxy) is 1. The summed E-state index contributed by atoms with van der Waals surface area (Å²) >= 11 is 0. The molecule has 0 aromatic heterocycles. The summed E-state index contributed by atoms with van der Waals surface area (Å²) < 4.78 is 6.82. The molecule has 6 aliphatic rings. The lowest BCUT2D eigenvalue weighted by molar-refractivity contribution is -0.235. The highest BCUT2D eigenvalue weighted by atomic mass is 16.5. The maximum atomic E-state index is 6.82. The van der Waals surface area contributed by atoms with Gasteiger partial charge in [-0.25, -0.2) is 0 Å². The third kappa shape index (κ3) is 3.60. The van der Waals surface area contributed by atoms with Crippen molar-refractivity contribution in [3.05, 3.63) is 138 Å². The largest absolute Gasteiger partial charge is 0.457 e. The topological polar surface area (TPSA) is 12.5 Å². The van der Waals surface area contributed by atoms with Gasteiger partial charge in [0.05, 0.1) is 0 Å². The van der Waals surface area contributed by atoms with Gasteiger partial charge in [-0.05, 0) is 149 Å². The van der Waals surface area contributed by atoms with Gasteiger partial charge >= 0.3 is 0 Å². The van der Waals surface area contributed by atoms with E-state index in [1.54, 1.807) is 0 Å². The Kier molecular flexibility index (Phi) is 5.72. The first-order chi connectivity index (χ1) is 24.2. The van der Waals surface area contributed by atoms with E-state index in [0.717, 1.165) is 35.2 Å². The Bertz CT molecular complexity index is 2200. The van der Waals surface area contributed by atoms with E-state index in [4.69, 9.17) is 4.74 Å². The van der Waals surface area contributed by atoms with Gasteiger partial charge < -0.3 is 9.64 Å². The van der Waals surface area contributed by atoms with Gasteiger partial charge in [-0.3, -0.25) is 0 Å². The number of fused-ring (bicyclic) bond motifs is 8. The average Bonchev–Trinajstić information content (AvgIpc) is 3.66. The number of nitrogens with zero attached hydrogens (tertiary/aromatic N) is 1. The summed E-state index contributed by atoms with van der Waals surface area (Å²) in [5.74, 6) is 5.47. The summed E-state index contributed by atoms with van der Waals surface area (Å²) in [4.78, 5) is 2.53. The molecule has 4 saturated carbocycles. The van der Waals surface area contributed by atoms with Crippen molar-refractivity contribution in [2.24, 2.45) is 29.1 Å². The van der Waals surface area contributed by atoms with Crippen molar-refractivity contribution in [3.8, 4) is 22.6 Å². The minimum Gasteiger partial charge on any atom is -0.457 e. The van der Waals surface area contributed by atoms with Crippen LogP contribution in [0.2, 0.25) is 0 Å². The Morgan fingerprint density at radius 1 is 0.540 bits per heavy atom. The number of hydrogen-bond donors (Lipinski definition) is 0. The highest BCUT2D eigenvalue weighted by Gasteiger charge is 2.84. The molecule has 6 unspecified atom stereocenters. The van der Waals surface area contributed by atoms with Gasteiger partial charge in [0.15, 0.2) is 0 Å². The fourth-order valence-electron chi connectivity index (χ4n) is 12.8. The van der Waals surface area contributed by atoms with Crippen molar-refractivity contribution in [2.45, 2.75) is 82.5 Å². The predicted octanol–water partition coefficient (Wildman–Crippen LogP) is 12.6. The Morgan fingerprint density at radius 3 is 1.94 bits per heavy atom. The van der Waals surface area contributed by atoms with Gasteiger partial charge in [-0.15, -0.1) is 0 Å². The average molecular weight is 654 g/mol. The molecule has 4 fully saturated rings. The lowest BCUT2D eigenvalue weighted by atomic mass is 9.26. The van der Waals surface area contributed by atoms with Crippen molar-refractivity contribution in [1.29, 1.82) is 0 Å². The zero-order chi connectivity index (χ0) is 33.6. The minimum atomic E-state index is 0.0521. The van der Waals surface area contributed by atoms with Crippen LogP contribution in [-0.2, 0) is 16.2 Å². The molecule has 2 heteroatoms. The standard InChI is InChI=1S/C48H47NO/c1-45(2)22-23-46(3,4)39-27-35(18-20-37(39)45)49(34-16-14-32(15-17-34)31-10-6-5-7-11-31)36-19-21-42-40(28-36)48(38-12-8-9-13-41(38)50-42)43-25-30-24-33-26-44(48)47(33,43)29-30/h5-21,27-28,30,33,43-44H,22-26,29H2,1-4H3. The van der Waals surface area contributed by atoms with E-state index >= 15 is 0 Å². The molecule has 0 saturated heterocycles. The molecule has 250 valence electrons. The summed E-state index contributed by atoms with van der Waals surface area (Å²) in [7, 11) is 0. The molecule has 2 spiro atoms. The number of benzene rings is 5. The molecule has 0 amide bonds. The first-order valence-electron chi connectivity index (χ1n) is 19.2. The van der Waals surface area contributed by atoms with Crippen LogP contribution in [0.3, 0.4) is 0 Å². The van der Waals surface area contributed by atoms with Gasteiger partial charge in [0.2, 0.25) is 0 Å². The van der Waals surface area contributed by atoms with E-state index in [-0.39, 0.29) is 16.2 Å². The van der Waals surface area contributed by atoms with Crippen LogP contribution in [0, 0.1) is 29.1 Å². The molecule has 5 aliphatic carbocycles. The zero-order valence-electron chi connectivity index (χ0n) is 29.9. The SMILES string of the molecule is CC1(C)CCC(C)(C)c2cc(N(c3ccc(-c4ccccc4)cc3)c3ccc4c(c3)C3(c5ccccc5O4)C4CC5CC6CC3C64C5)ccc21. The lowest BCUT2D eigenvalue weighted by Crippen LogP contribution is -2.74. The van der Waals surface area contributed by atoms with Crippen LogP contribution in [0.5, 0.6) is 11.5 Å². The third-order valence-electron chi connectivity index (χ3n) is 15.1. The van der Waals surface area contributed by atoms with Gasteiger partial charge in [-0.2, -0.15) is 0 Å². The summed E-state index contributed by atoms with van der Waals surface area (Å²) in [5, 5.41) is 0. The van der Waals surface area contributed by atoms with Crippen LogP contribution < -0.4 is 9.64 Å². The molecule has 2 nitrogen and oxygen atoms in total. The predicted molar refractivity (Wildman–Crippen MR) is 204 cm³/mol. The van der Waals surface area contributed by atoms with E-state index in [2.05, 4.69) is 148 Å². The maximum absolute atomic E-state index is 6.82. The molecule has 50 heavy (non-hydrogen) atoms. The Hall–Kier alpha value is -4.30. The van der Waals surface area contributed by atoms with Gasteiger partial charge in [0.25, 0.3) is 0 Å². The molecule has 0 radical (unpaired) electrons. The molecule has 0 N–H and O–H groups in total. The molecule has 1 aliphatic heterocycles. The molecule has 5 aromatic rings. The van der Waals surface area contributed by atoms with Crippen molar-refractivity contribution in [2.75, 3.05) is 4.90 Å². The minimum absolute atomic E-state index is 0.0521. The van der Waals surface area contributed by atoms with Crippen LogP contribution in [0.1, 0.15) is 88.5 Å². The summed E-state index contributed by atoms with van der Waals surface area (Å²) in [6.45, 7) is 9.73. The molecule has 1 heterocycles. The van der Waals surface area contributed by atoms with Crippen LogP contribution in [0.15, 0.2) is 115 Å². The summed E-state index contributed by atoms with van der Waals surface area (Å²) in [6.07, 6.45) is 8.13. The van der Waals surface area contributed by atoms with E-state index < -0.39 is 0 Å². The van der Waals surface area contributed by atoms with E-state index in [9.17, 15) is 0 Å². The normalized spacial score (nSPS) is 31.0. The quantitative estimate of drug-likeness (QED) is 0.191. The second-order valence-corrected chi connectivity index (χ2v) is 18.1. The van der Waals surface area contributed by atoms with Crippen LogP contribution in [0.4, 0.5) is 17.1 Å². The van der Waals surface area contributed by atoms with Gasteiger partial charge in [-0.1, -0.05) is 94.4 Å². The number of rotatable bonds is 4. The molecule has 6 atom stereocenters. The number of hydrogen-bond acceptors (Lipinski definition) is 2. The van der Waals surface area contributed by atoms with Crippen molar-refractivity contribution >= 4 is 17.1 Å². The Morgan fingerprint density at radius 2 is 1.16 bits per heavy atom. The molecule has 5 aromatic carbocycles. The smallest absolute Gasteiger partial charge is 0.131 e. The van der Waals surface area contributed by atoms with Crippen molar-refractivity contribution in [1.82, 2.24) is 0 Å². The molecule has 2 bridgehead atoms. The third-order valence-corrected chi connectivity index (χ3v) is 15.1. The monoisotopic (exact) mass is 653 g/mol.